The predicted octanol–water partition coefficient (Wildman–Crippen LogP) is 4.19. The molecule has 0 saturated carbocycles. The van der Waals surface area contributed by atoms with Gasteiger partial charge in [0.2, 0.25) is 0 Å². The SMILES string of the molecule is C/C=C(\C=C/C(C)CC)C(C)(F)F. The van der Waals surface area contributed by atoms with E-state index < -0.39 is 5.92 Å². The molecule has 0 aromatic heterocycles. The maximum Gasteiger partial charge on any atom is 0.270 e. The second kappa shape index (κ2) is 5.15. The van der Waals surface area contributed by atoms with Crippen LogP contribution in [0.3, 0.4) is 0 Å². The highest BCUT2D eigenvalue weighted by molar-refractivity contribution is 5.24. The topological polar surface area (TPSA) is 0 Å². The van der Waals surface area contributed by atoms with Crippen LogP contribution in [0, 0.1) is 5.92 Å². The first kappa shape index (κ1) is 12.3. The molecule has 0 rings (SSSR count). The van der Waals surface area contributed by atoms with E-state index in [1.54, 1.807) is 6.92 Å². The maximum atomic E-state index is 12.8. The van der Waals surface area contributed by atoms with Crippen LogP contribution in [0.2, 0.25) is 0 Å². The third-order valence-corrected chi connectivity index (χ3v) is 2.07. The summed E-state index contributed by atoms with van der Waals surface area (Å²) in [6, 6.07) is 0. The Bertz CT molecular complexity index is 197. The average molecular weight is 188 g/mol. The lowest BCUT2D eigenvalue weighted by molar-refractivity contribution is 0.0673. The molecule has 0 aliphatic heterocycles. The van der Waals surface area contributed by atoms with Crippen molar-refractivity contribution in [2.75, 3.05) is 0 Å². The molecule has 13 heavy (non-hydrogen) atoms. The fourth-order valence-electron chi connectivity index (χ4n) is 0.900. The monoisotopic (exact) mass is 188 g/mol. The van der Waals surface area contributed by atoms with Crippen LogP contribution in [0.4, 0.5) is 8.78 Å². The van der Waals surface area contributed by atoms with Crippen LogP contribution in [0.15, 0.2) is 23.8 Å². The van der Waals surface area contributed by atoms with Gasteiger partial charge in [0, 0.05) is 12.5 Å². The van der Waals surface area contributed by atoms with E-state index >= 15 is 0 Å². The molecule has 0 heterocycles. The number of alkyl halides is 2. The molecule has 0 amide bonds. The molecule has 76 valence electrons. The Morgan fingerprint density at radius 3 is 2.31 bits per heavy atom. The van der Waals surface area contributed by atoms with Gasteiger partial charge in [0.05, 0.1) is 0 Å². The van der Waals surface area contributed by atoms with Gasteiger partial charge in [-0.3, -0.25) is 0 Å². The van der Waals surface area contributed by atoms with Gasteiger partial charge in [0.25, 0.3) is 5.92 Å². The zero-order valence-corrected chi connectivity index (χ0v) is 8.77. The molecule has 0 N–H and O–H groups in total. The molecule has 0 aromatic carbocycles. The van der Waals surface area contributed by atoms with Crippen LogP contribution >= 0.6 is 0 Å². The molecule has 0 radical (unpaired) electrons. The smallest absolute Gasteiger partial charge is 0.202 e. The molecular weight excluding hydrogens is 170 g/mol. The predicted molar refractivity (Wildman–Crippen MR) is 53.0 cm³/mol. The summed E-state index contributed by atoms with van der Waals surface area (Å²) >= 11 is 0. The lowest BCUT2D eigenvalue weighted by atomic mass is 10.0. The summed E-state index contributed by atoms with van der Waals surface area (Å²) < 4.78 is 25.6. The summed E-state index contributed by atoms with van der Waals surface area (Å²) in [7, 11) is 0. The lowest BCUT2D eigenvalue weighted by Gasteiger charge is -2.11. The van der Waals surface area contributed by atoms with Crippen LogP contribution in [-0.2, 0) is 0 Å². The highest BCUT2D eigenvalue weighted by atomic mass is 19.3. The summed E-state index contributed by atoms with van der Waals surface area (Å²) in [6.07, 6.45) is 5.78. The lowest BCUT2D eigenvalue weighted by Crippen LogP contribution is -2.11. The van der Waals surface area contributed by atoms with Crippen LogP contribution in [0.5, 0.6) is 0 Å². The third kappa shape index (κ3) is 4.81. The minimum Gasteiger partial charge on any atom is -0.202 e. The summed E-state index contributed by atoms with van der Waals surface area (Å²) in [5.74, 6) is -2.36. The molecule has 0 aromatic rings. The van der Waals surface area contributed by atoms with Crippen LogP contribution in [0.1, 0.15) is 34.1 Å². The summed E-state index contributed by atoms with van der Waals surface area (Å²) in [6.45, 7) is 6.60. The van der Waals surface area contributed by atoms with E-state index in [4.69, 9.17) is 0 Å². The van der Waals surface area contributed by atoms with Gasteiger partial charge >= 0.3 is 0 Å². The van der Waals surface area contributed by atoms with Gasteiger partial charge in [-0.15, -0.1) is 0 Å². The molecule has 2 heteroatoms. The second-order valence-corrected chi connectivity index (χ2v) is 3.38. The van der Waals surface area contributed by atoms with Crippen molar-refractivity contribution < 1.29 is 8.78 Å². The van der Waals surface area contributed by atoms with E-state index in [-0.39, 0.29) is 5.57 Å². The van der Waals surface area contributed by atoms with Crippen molar-refractivity contribution in [2.45, 2.75) is 40.0 Å². The molecule has 1 atom stereocenters. The molecule has 0 spiro atoms. The van der Waals surface area contributed by atoms with Gasteiger partial charge in [0.1, 0.15) is 0 Å². The largest absolute Gasteiger partial charge is 0.270 e. The number of hydrogen-bond acceptors (Lipinski definition) is 0. The summed E-state index contributed by atoms with van der Waals surface area (Å²) in [4.78, 5) is 0. The Hall–Kier alpha value is -0.660. The van der Waals surface area contributed by atoms with Gasteiger partial charge in [-0.1, -0.05) is 38.5 Å². The first-order valence-electron chi connectivity index (χ1n) is 4.64. The van der Waals surface area contributed by atoms with Crippen molar-refractivity contribution in [1.82, 2.24) is 0 Å². The maximum absolute atomic E-state index is 12.8. The number of rotatable bonds is 4. The number of hydrogen-bond donors (Lipinski definition) is 0. The normalized spacial score (nSPS) is 16.6. The van der Waals surface area contributed by atoms with Gasteiger partial charge in [-0.05, 0) is 12.8 Å². The third-order valence-electron chi connectivity index (χ3n) is 2.07. The van der Waals surface area contributed by atoms with Crippen LogP contribution in [0.25, 0.3) is 0 Å². The first-order valence-corrected chi connectivity index (χ1v) is 4.64. The Balaban J connectivity index is 4.41. The molecule has 0 fully saturated rings. The van der Waals surface area contributed by atoms with Crippen LogP contribution < -0.4 is 0 Å². The Morgan fingerprint density at radius 2 is 2.00 bits per heavy atom. The standard InChI is InChI=1S/C11H18F2/c1-5-9(3)7-8-10(6-2)11(4,12)13/h6-9H,5H2,1-4H3/b8-7-,10-6+. The zero-order valence-electron chi connectivity index (χ0n) is 8.77. The highest BCUT2D eigenvalue weighted by Crippen LogP contribution is 2.24. The van der Waals surface area contributed by atoms with Gasteiger partial charge in [0.15, 0.2) is 0 Å². The van der Waals surface area contributed by atoms with Gasteiger partial charge in [-0.2, -0.15) is 0 Å². The van der Waals surface area contributed by atoms with E-state index in [0.29, 0.717) is 5.92 Å². The van der Waals surface area contributed by atoms with E-state index in [2.05, 4.69) is 0 Å². The van der Waals surface area contributed by atoms with Crippen molar-refractivity contribution in [1.29, 1.82) is 0 Å². The minimum atomic E-state index is -2.72. The fourth-order valence-corrected chi connectivity index (χ4v) is 0.900. The second-order valence-electron chi connectivity index (χ2n) is 3.38. The van der Waals surface area contributed by atoms with E-state index in [1.807, 2.05) is 19.9 Å². The molecule has 0 nitrogen and oxygen atoms in total. The van der Waals surface area contributed by atoms with Gasteiger partial charge < -0.3 is 0 Å². The van der Waals surface area contributed by atoms with E-state index in [0.717, 1.165) is 13.3 Å². The van der Waals surface area contributed by atoms with E-state index in [1.165, 1.54) is 12.2 Å². The molecule has 0 bridgehead atoms. The fraction of sp³-hybridized carbons (Fsp3) is 0.636. The molecule has 0 saturated heterocycles. The number of allylic oxidation sites excluding steroid dienone is 4. The Kier molecular flexibility index (Phi) is 4.89. The van der Waals surface area contributed by atoms with Crippen molar-refractivity contribution >= 4 is 0 Å². The molecular formula is C11H18F2. The quantitative estimate of drug-likeness (QED) is 0.580. The molecule has 0 aliphatic rings. The molecule has 1 unspecified atom stereocenters. The minimum absolute atomic E-state index is 0.0906. The zero-order chi connectivity index (χ0) is 10.5. The Labute approximate surface area is 79.3 Å². The van der Waals surface area contributed by atoms with Gasteiger partial charge in [-0.25, -0.2) is 8.78 Å². The average Bonchev–Trinajstić information content (AvgIpc) is 2.02. The van der Waals surface area contributed by atoms with Crippen molar-refractivity contribution in [2.24, 2.45) is 5.92 Å². The van der Waals surface area contributed by atoms with Crippen molar-refractivity contribution in [3.63, 3.8) is 0 Å². The summed E-state index contributed by atoms with van der Waals surface area (Å²) in [5, 5.41) is 0. The van der Waals surface area contributed by atoms with Crippen molar-refractivity contribution in [3.05, 3.63) is 23.8 Å². The Morgan fingerprint density at radius 1 is 1.46 bits per heavy atom. The first-order chi connectivity index (χ1) is 5.91. The molecule has 0 aliphatic carbocycles. The van der Waals surface area contributed by atoms with E-state index in [9.17, 15) is 8.78 Å². The summed E-state index contributed by atoms with van der Waals surface area (Å²) in [5.41, 5.74) is 0.0906. The highest BCUT2D eigenvalue weighted by Gasteiger charge is 2.24. The van der Waals surface area contributed by atoms with Crippen LogP contribution in [-0.4, -0.2) is 5.92 Å². The van der Waals surface area contributed by atoms with Crippen molar-refractivity contribution in [3.8, 4) is 0 Å². The number of halogens is 2.